The fraction of sp³-hybridized carbons (Fsp3) is 0.809. The van der Waals surface area contributed by atoms with Crippen LogP contribution in [0.15, 0.2) is 41.3 Å². The van der Waals surface area contributed by atoms with Gasteiger partial charge in [-0.2, -0.15) is 0 Å². The number of hydrogen-bond donors (Lipinski definition) is 7. The zero-order valence-electron chi connectivity index (χ0n) is 71.5. The van der Waals surface area contributed by atoms with Crippen LogP contribution in [0.2, 0.25) is 0 Å². The first-order chi connectivity index (χ1) is 53.6. The highest BCUT2D eigenvalue weighted by Crippen LogP contribution is 2.50. The van der Waals surface area contributed by atoms with Gasteiger partial charge in [0.2, 0.25) is 5.95 Å². The van der Waals surface area contributed by atoms with Crippen LogP contribution >= 0.6 is 11.8 Å². The maximum atomic E-state index is 13.7. The fourth-order valence-corrected chi connectivity index (χ4v) is 17.6. The number of aliphatic hydroxyl groups excluding tert-OH is 2. The van der Waals surface area contributed by atoms with Crippen LogP contribution in [0.3, 0.4) is 0 Å². The number of urea groups is 1. The average molecular weight is 1600 g/mol. The number of hydrogen-bond acceptors (Lipinski definition) is 18. The molecule has 112 heavy (non-hydrogen) atoms. The quantitative estimate of drug-likeness (QED) is 0.0138. The number of H-pyrrole nitrogens is 1. The van der Waals surface area contributed by atoms with Crippen molar-refractivity contribution in [3.63, 3.8) is 0 Å². The smallest absolute Gasteiger partial charge is 0.407 e. The molecule has 0 aromatic carbocycles. The number of carbonyl (C=O) groups excluding carboxylic acids is 7. The number of esters is 3. The highest BCUT2D eigenvalue weighted by molar-refractivity contribution is 8.13. The molecule has 4 amide bonds. The number of thioether (sulfide) groups is 1. The molecule has 23 heteroatoms. The number of methoxy groups -OCH3 is 1. The Balaban J connectivity index is 1.41. The van der Waals surface area contributed by atoms with E-state index in [1.807, 2.05) is 0 Å². The second kappa shape index (κ2) is 58.8. The summed E-state index contributed by atoms with van der Waals surface area (Å²) in [5.74, 6) is -1.18. The van der Waals surface area contributed by atoms with Crippen LogP contribution in [-0.4, -0.2) is 137 Å². The second-order valence-corrected chi connectivity index (χ2v) is 35.8. The Hall–Kier alpha value is -5.94. The molecule has 3 rings (SSSR count). The van der Waals surface area contributed by atoms with Crippen molar-refractivity contribution in [1.29, 1.82) is 0 Å². The number of alkyl carbamates (subject to hydrolysis) is 2. The molecule has 2 aliphatic rings. The van der Waals surface area contributed by atoms with Crippen molar-refractivity contribution in [3.05, 3.63) is 58.1 Å². The minimum atomic E-state index is -0.901. The number of aromatic amines is 1. The summed E-state index contributed by atoms with van der Waals surface area (Å²) in [6.45, 7) is 21.3. The maximum absolute atomic E-state index is 13.7. The van der Waals surface area contributed by atoms with E-state index >= 15 is 0 Å². The second-order valence-electron chi connectivity index (χ2n) is 34.6. The monoisotopic (exact) mass is 1600 g/mol. The van der Waals surface area contributed by atoms with Gasteiger partial charge in [-0.1, -0.05) is 227 Å². The summed E-state index contributed by atoms with van der Waals surface area (Å²) in [4.78, 5) is 111. The number of aliphatic hydroxyl groups is 2. The number of amides is 4. The Morgan fingerprint density at radius 2 is 0.991 bits per heavy atom. The Bertz CT molecular complexity index is 2900. The molecule has 7 unspecified atom stereocenters. The van der Waals surface area contributed by atoms with E-state index in [9.17, 15) is 48.6 Å². The van der Waals surface area contributed by atoms with Crippen LogP contribution in [0.4, 0.5) is 25.1 Å². The summed E-state index contributed by atoms with van der Waals surface area (Å²) in [5.41, 5.74) is -0.605. The van der Waals surface area contributed by atoms with Crippen LogP contribution in [0.25, 0.3) is 0 Å². The fourth-order valence-electron chi connectivity index (χ4n) is 16.2. The van der Waals surface area contributed by atoms with Crippen molar-refractivity contribution < 1.29 is 72.2 Å². The molecule has 0 spiro atoms. The number of nitrogens with one attached hydrogen (secondary N) is 5. The third-order valence-electron chi connectivity index (χ3n) is 21.5. The molecule has 0 radical (unpaired) electrons. The van der Waals surface area contributed by atoms with E-state index in [-0.39, 0.29) is 115 Å². The summed E-state index contributed by atoms with van der Waals surface area (Å²) in [7, 11) is 1.38. The molecular weight excluding hydrogens is 1440 g/mol. The van der Waals surface area contributed by atoms with Crippen molar-refractivity contribution in [3.8, 4) is 0 Å². The number of allylic oxidation sites excluding steroid dienone is 3. The molecule has 1 aromatic heterocycles. The summed E-state index contributed by atoms with van der Waals surface area (Å²) in [5, 5.41) is 31.9. The van der Waals surface area contributed by atoms with Crippen LogP contribution in [0.1, 0.15) is 363 Å². The third-order valence-corrected chi connectivity index (χ3v) is 22.6. The number of anilines is 1. The van der Waals surface area contributed by atoms with Gasteiger partial charge in [-0.25, -0.2) is 24.2 Å². The van der Waals surface area contributed by atoms with Gasteiger partial charge in [0.15, 0.2) is 6.10 Å². The highest BCUT2D eigenvalue weighted by atomic mass is 32.2. The summed E-state index contributed by atoms with van der Waals surface area (Å²) in [6, 6.07) is -0.740. The van der Waals surface area contributed by atoms with Gasteiger partial charge in [0, 0.05) is 62.0 Å². The zero-order chi connectivity index (χ0) is 82.3. The van der Waals surface area contributed by atoms with Gasteiger partial charge >= 0.3 is 41.4 Å². The molecule has 22 nitrogen and oxygen atoms in total. The molecule has 2 fully saturated rings. The molecule has 2 saturated carbocycles. The summed E-state index contributed by atoms with van der Waals surface area (Å²) in [6.07, 6.45) is 50.1. The van der Waals surface area contributed by atoms with Gasteiger partial charge in [0.05, 0.1) is 31.6 Å². The van der Waals surface area contributed by atoms with Crippen molar-refractivity contribution in [2.24, 2.45) is 21.7 Å². The number of nitrogens with zero attached hydrogens (tertiary/aromatic N) is 1. The number of aromatic nitrogens is 2. The van der Waals surface area contributed by atoms with E-state index in [1.54, 1.807) is 6.92 Å². The van der Waals surface area contributed by atoms with Crippen LogP contribution < -0.4 is 26.8 Å². The lowest BCUT2D eigenvalue weighted by Crippen LogP contribution is -2.51. The first kappa shape index (κ1) is 100. The number of carbonyl (C=O) groups is 7. The molecule has 0 bridgehead atoms. The Morgan fingerprint density at radius 3 is 1.51 bits per heavy atom. The highest BCUT2D eigenvalue weighted by Gasteiger charge is 2.44. The first-order valence-corrected chi connectivity index (χ1v) is 44.6. The van der Waals surface area contributed by atoms with E-state index < -0.39 is 41.3 Å². The number of ether oxygens (including phenoxy) is 6. The zero-order valence-corrected chi connectivity index (χ0v) is 72.3. The lowest BCUT2D eigenvalue weighted by molar-refractivity contribution is -0.167. The van der Waals surface area contributed by atoms with Gasteiger partial charge < -0.3 is 54.6 Å². The molecular formula is C89H154N6O16S. The van der Waals surface area contributed by atoms with Crippen molar-refractivity contribution in [1.82, 2.24) is 25.9 Å². The van der Waals surface area contributed by atoms with Gasteiger partial charge in [-0.15, -0.1) is 0 Å². The van der Waals surface area contributed by atoms with E-state index in [4.69, 9.17) is 28.4 Å². The van der Waals surface area contributed by atoms with Crippen LogP contribution in [0, 0.1) is 28.6 Å². The van der Waals surface area contributed by atoms with E-state index in [2.05, 4.69) is 130 Å². The van der Waals surface area contributed by atoms with E-state index in [0.29, 0.717) is 69.3 Å². The predicted octanol–water partition coefficient (Wildman–Crippen LogP) is 20.9. The normalized spacial score (nSPS) is 19.2. The Kier molecular flexibility index (Phi) is 52.7. The molecule has 1 heterocycles. The molecule has 0 saturated heterocycles. The van der Waals surface area contributed by atoms with E-state index in [1.165, 1.54) is 57.4 Å². The van der Waals surface area contributed by atoms with Gasteiger partial charge in [-0.3, -0.25) is 29.5 Å². The number of aryl methyl sites for hydroxylation is 1. The summed E-state index contributed by atoms with van der Waals surface area (Å²) < 4.78 is 33.5. The molecule has 642 valence electrons. The van der Waals surface area contributed by atoms with Crippen molar-refractivity contribution >= 4 is 59.1 Å². The predicted molar refractivity (Wildman–Crippen MR) is 450 cm³/mol. The van der Waals surface area contributed by atoms with Crippen LogP contribution in [-0.2, 0) is 49.2 Å². The number of unbranched alkanes of at least 4 members (excludes halogenated alkanes) is 24. The number of rotatable bonds is 61. The Morgan fingerprint density at radius 1 is 0.527 bits per heavy atom. The standard InChI is InChI=1S/C89H154N6O16S/c1-12-15-18-39-48-71(96)50-41-33-27-21-24-30-36-45-54-77(98)108-63-74(64-109-78(99)55-46-37-31-25-22-28-34-42-51-72(97)49-40-19-16-13-2)110-79(100)56-47-38-32-26-23-29-35-44-53-73(52-43-20-17-14-3)111-84(104)93-70-59-86(5,6)65-88(9,60-70)67-90-82(102)95-81-92-69(4)76(80(101)94-81)57-58-107-83(103)91-68-89(10)62-75(112-85(105)106-11)61-87(7,8)66-89/h33-35,41-42,44,70-75,96-97H,12-32,36-40,43,45-68H2,1-11H3,(H,91,103)(H,93,104)(H3,90,92,94,95,101,102)/b41-33+,42-34+,44-35+. The van der Waals surface area contributed by atoms with E-state index in [0.717, 1.165) is 186 Å². The molecule has 7 atom stereocenters. The minimum absolute atomic E-state index is 0.0196. The third kappa shape index (κ3) is 49.7. The largest absolute Gasteiger partial charge is 0.462 e. The Labute approximate surface area is 679 Å². The van der Waals surface area contributed by atoms with Crippen molar-refractivity contribution in [2.45, 2.75) is 400 Å². The molecule has 2 aliphatic carbocycles. The average Bonchev–Trinajstić information content (AvgIpc) is 0.802. The van der Waals surface area contributed by atoms with Gasteiger partial charge in [0.1, 0.15) is 19.3 Å². The van der Waals surface area contributed by atoms with Crippen molar-refractivity contribution in [2.75, 3.05) is 45.3 Å². The van der Waals surface area contributed by atoms with Crippen LogP contribution in [0.5, 0.6) is 0 Å². The minimum Gasteiger partial charge on any atom is -0.462 e. The van der Waals surface area contributed by atoms with Gasteiger partial charge in [-0.05, 0) is 175 Å². The van der Waals surface area contributed by atoms with Gasteiger partial charge in [0.25, 0.3) is 5.56 Å². The lowest BCUT2D eigenvalue weighted by Gasteiger charge is -2.46. The SMILES string of the molecule is CCCCCCC(O)C/C=C/CCCCCCCC(=O)OCC(COC(=O)CCCCCCC/C=C/CC(O)CCCCCC)OC(=O)CCCCCCC/C=C/CC(CCCCCC)OC(=O)NC1CC(C)(C)CC(C)(CNC(=O)Nc2nc(C)c(CCOC(=O)NCC3(C)CC(SC(=O)OC)CC(C)(C)C3)c(=O)[nH]2)C1. The maximum Gasteiger partial charge on any atom is 0.407 e. The molecule has 7 N–H and O–H groups in total. The topological polar surface area (TPSA) is 309 Å². The first-order valence-electron chi connectivity index (χ1n) is 43.7. The summed E-state index contributed by atoms with van der Waals surface area (Å²) >= 11 is 1.20. The molecule has 0 aliphatic heterocycles. The lowest BCUT2D eigenvalue weighted by atomic mass is 9.62. The molecule has 1 aromatic rings.